The van der Waals surface area contributed by atoms with E-state index in [2.05, 4.69) is 15.6 Å². The van der Waals surface area contributed by atoms with E-state index in [0.29, 0.717) is 45.3 Å². The number of benzene rings is 1. The molecule has 0 bridgehead atoms. The fraction of sp³-hybridized carbons (Fsp3) is 0.588. The minimum Gasteiger partial charge on any atom is -0.382 e. The van der Waals surface area contributed by atoms with Crippen molar-refractivity contribution in [3.8, 4) is 0 Å². The van der Waals surface area contributed by atoms with E-state index in [9.17, 15) is 13.2 Å². The number of methoxy groups -OCH3 is 1. The van der Waals surface area contributed by atoms with E-state index in [1.54, 1.807) is 14.2 Å². The minimum atomic E-state index is -4.30. The minimum absolute atomic E-state index is 0. The van der Waals surface area contributed by atoms with Gasteiger partial charge in [-0.3, -0.25) is 4.99 Å². The standard InChI is InChI=1S/C17H26F3N3O2.HI/c1-21-16(22-9-3-11-25-13-12-24-2)23-10-8-14-4-6-15(7-5-14)17(18,19)20;/h4-7H,3,8-13H2,1-2H3,(H2,21,22,23);1H. The van der Waals surface area contributed by atoms with E-state index in [-0.39, 0.29) is 24.0 Å². The third-order valence-corrected chi connectivity index (χ3v) is 3.40. The average Bonchev–Trinajstić information content (AvgIpc) is 2.59. The van der Waals surface area contributed by atoms with Gasteiger partial charge in [0, 0.05) is 33.9 Å². The van der Waals surface area contributed by atoms with Crippen molar-refractivity contribution in [2.75, 3.05) is 47.1 Å². The number of rotatable bonds is 10. The number of nitrogens with one attached hydrogen (secondary N) is 2. The number of halogens is 4. The SMILES string of the molecule is CN=C(NCCCOCCOC)NCCc1ccc(C(F)(F)F)cc1.I. The molecule has 0 aromatic heterocycles. The highest BCUT2D eigenvalue weighted by molar-refractivity contribution is 14.0. The molecule has 0 saturated carbocycles. The molecule has 0 radical (unpaired) electrons. The van der Waals surface area contributed by atoms with Crippen molar-refractivity contribution in [1.29, 1.82) is 0 Å². The van der Waals surface area contributed by atoms with Crippen molar-refractivity contribution in [2.45, 2.75) is 19.0 Å². The topological polar surface area (TPSA) is 54.9 Å². The van der Waals surface area contributed by atoms with Crippen LogP contribution in [-0.4, -0.2) is 53.0 Å². The largest absolute Gasteiger partial charge is 0.416 e. The predicted octanol–water partition coefficient (Wildman–Crippen LogP) is 3.08. The van der Waals surface area contributed by atoms with E-state index < -0.39 is 11.7 Å². The summed E-state index contributed by atoms with van der Waals surface area (Å²) in [5, 5.41) is 6.28. The Balaban J connectivity index is 0.00000625. The second-order valence-corrected chi connectivity index (χ2v) is 5.33. The van der Waals surface area contributed by atoms with Crippen molar-refractivity contribution >= 4 is 29.9 Å². The summed E-state index contributed by atoms with van der Waals surface area (Å²) >= 11 is 0. The smallest absolute Gasteiger partial charge is 0.382 e. The van der Waals surface area contributed by atoms with E-state index >= 15 is 0 Å². The summed E-state index contributed by atoms with van der Waals surface area (Å²) in [7, 11) is 3.30. The summed E-state index contributed by atoms with van der Waals surface area (Å²) in [5.74, 6) is 0.656. The lowest BCUT2D eigenvalue weighted by Gasteiger charge is -2.12. The molecule has 150 valence electrons. The van der Waals surface area contributed by atoms with Gasteiger partial charge in [0.15, 0.2) is 5.96 Å². The van der Waals surface area contributed by atoms with Crippen LogP contribution in [0.25, 0.3) is 0 Å². The number of aliphatic imine (C=N–C) groups is 1. The van der Waals surface area contributed by atoms with Crippen LogP contribution in [0.1, 0.15) is 17.5 Å². The highest BCUT2D eigenvalue weighted by Crippen LogP contribution is 2.29. The number of ether oxygens (including phenoxy) is 2. The highest BCUT2D eigenvalue weighted by Gasteiger charge is 2.29. The lowest BCUT2D eigenvalue weighted by molar-refractivity contribution is -0.137. The number of guanidine groups is 1. The summed E-state index contributed by atoms with van der Waals surface area (Å²) in [6.07, 6.45) is -2.85. The maximum Gasteiger partial charge on any atom is 0.416 e. The van der Waals surface area contributed by atoms with Gasteiger partial charge in [-0.25, -0.2) is 0 Å². The molecule has 1 aromatic rings. The van der Waals surface area contributed by atoms with Gasteiger partial charge in [0.25, 0.3) is 0 Å². The maximum absolute atomic E-state index is 12.5. The molecule has 0 aliphatic carbocycles. The molecule has 0 unspecified atom stereocenters. The third-order valence-electron chi connectivity index (χ3n) is 3.40. The Bertz CT molecular complexity index is 511. The van der Waals surface area contributed by atoms with Crippen LogP contribution >= 0.6 is 24.0 Å². The molecule has 2 N–H and O–H groups in total. The van der Waals surface area contributed by atoms with Crippen LogP contribution in [-0.2, 0) is 22.1 Å². The molecule has 5 nitrogen and oxygen atoms in total. The fourth-order valence-corrected chi connectivity index (χ4v) is 2.03. The van der Waals surface area contributed by atoms with Crippen LogP contribution < -0.4 is 10.6 Å². The fourth-order valence-electron chi connectivity index (χ4n) is 2.03. The molecule has 0 spiro atoms. The van der Waals surface area contributed by atoms with E-state index in [1.165, 1.54) is 12.1 Å². The Labute approximate surface area is 169 Å². The first-order valence-corrected chi connectivity index (χ1v) is 8.14. The first-order chi connectivity index (χ1) is 12.0. The lowest BCUT2D eigenvalue weighted by atomic mass is 10.1. The van der Waals surface area contributed by atoms with Gasteiger partial charge in [-0.05, 0) is 30.5 Å². The average molecular weight is 489 g/mol. The van der Waals surface area contributed by atoms with Crippen molar-refractivity contribution in [2.24, 2.45) is 4.99 Å². The Morgan fingerprint density at radius 3 is 2.27 bits per heavy atom. The molecule has 0 aliphatic rings. The van der Waals surface area contributed by atoms with Crippen LogP contribution in [0, 0.1) is 0 Å². The highest BCUT2D eigenvalue weighted by atomic mass is 127. The second kappa shape index (κ2) is 14.0. The van der Waals surface area contributed by atoms with Crippen molar-refractivity contribution in [3.05, 3.63) is 35.4 Å². The number of alkyl halides is 3. The van der Waals surface area contributed by atoms with E-state index in [0.717, 1.165) is 24.1 Å². The van der Waals surface area contributed by atoms with E-state index in [4.69, 9.17) is 9.47 Å². The van der Waals surface area contributed by atoms with Gasteiger partial charge in [-0.15, -0.1) is 24.0 Å². The van der Waals surface area contributed by atoms with Gasteiger partial charge in [-0.1, -0.05) is 12.1 Å². The van der Waals surface area contributed by atoms with Crippen molar-refractivity contribution < 1.29 is 22.6 Å². The Morgan fingerprint density at radius 2 is 1.69 bits per heavy atom. The van der Waals surface area contributed by atoms with Crippen LogP contribution in [0.4, 0.5) is 13.2 Å². The molecule has 9 heteroatoms. The quantitative estimate of drug-likeness (QED) is 0.230. The number of hydrogen-bond donors (Lipinski definition) is 2. The Morgan fingerprint density at radius 1 is 1.04 bits per heavy atom. The summed E-state index contributed by atoms with van der Waals surface area (Å²) in [5.41, 5.74) is 0.205. The molecule has 0 amide bonds. The van der Waals surface area contributed by atoms with Gasteiger partial charge < -0.3 is 20.1 Å². The normalized spacial score (nSPS) is 11.8. The molecule has 0 aliphatic heterocycles. The molecule has 1 rings (SSSR count). The van der Waals surface area contributed by atoms with Crippen LogP contribution in [0.3, 0.4) is 0 Å². The van der Waals surface area contributed by atoms with Crippen molar-refractivity contribution in [3.63, 3.8) is 0 Å². The molecule has 26 heavy (non-hydrogen) atoms. The lowest BCUT2D eigenvalue weighted by Crippen LogP contribution is -2.39. The zero-order valence-electron chi connectivity index (χ0n) is 15.1. The predicted molar refractivity (Wildman–Crippen MR) is 107 cm³/mol. The van der Waals surface area contributed by atoms with Gasteiger partial charge in [0.1, 0.15) is 0 Å². The van der Waals surface area contributed by atoms with Crippen LogP contribution in [0.2, 0.25) is 0 Å². The molecule has 0 saturated heterocycles. The van der Waals surface area contributed by atoms with Crippen molar-refractivity contribution in [1.82, 2.24) is 10.6 Å². The molecular weight excluding hydrogens is 462 g/mol. The zero-order valence-corrected chi connectivity index (χ0v) is 17.4. The second-order valence-electron chi connectivity index (χ2n) is 5.33. The first kappa shape index (κ1) is 24.9. The van der Waals surface area contributed by atoms with Gasteiger partial charge in [0.2, 0.25) is 0 Å². The van der Waals surface area contributed by atoms with Crippen LogP contribution in [0.5, 0.6) is 0 Å². The summed E-state index contributed by atoms with van der Waals surface area (Å²) in [4.78, 5) is 4.10. The van der Waals surface area contributed by atoms with E-state index in [1.807, 2.05) is 0 Å². The van der Waals surface area contributed by atoms with Crippen LogP contribution in [0.15, 0.2) is 29.3 Å². The molecular formula is C17H27F3IN3O2. The Kier molecular flexibility index (Phi) is 13.5. The Hall–Kier alpha value is -1.07. The molecule has 0 fully saturated rings. The van der Waals surface area contributed by atoms with Gasteiger partial charge in [-0.2, -0.15) is 13.2 Å². The number of hydrogen-bond acceptors (Lipinski definition) is 3. The van der Waals surface area contributed by atoms with Gasteiger partial charge in [0.05, 0.1) is 18.8 Å². The summed E-state index contributed by atoms with van der Waals surface area (Å²) in [6.45, 7) is 3.10. The molecule has 0 heterocycles. The molecule has 0 atom stereocenters. The molecule has 1 aromatic carbocycles. The first-order valence-electron chi connectivity index (χ1n) is 8.14. The van der Waals surface area contributed by atoms with Gasteiger partial charge >= 0.3 is 6.18 Å². The summed E-state index contributed by atoms with van der Waals surface area (Å²) in [6, 6.07) is 5.20. The summed E-state index contributed by atoms with van der Waals surface area (Å²) < 4.78 is 47.8. The number of nitrogens with zero attached hydrogens (tertiary/aromatic N) is 1. The maximum atomic E-state index is 12.5. The third kappa shape index (κ3) is 10.8. The monoisotopic (exact) mass is 489 g/mol. The zero-order chi connectivity index (χ0) is 18.5.